The van der Waals surface area contributed by atoms with E-state index < -0.39 is 0 Å². The van der Waals surface area contributed by atoms with Crippen LogP contribution in [0.5, 0.6) is 0 Å². The number of nitrogens with zero attached hydrogens (tertiary/aromatic N) is 3. The standard InChI is InChI=1S/C15H22N3/c1-14-6-3-4-7-15(14)17-9-12-18(2,13-10-17)11-5-8-16/h3-4,6-7H,5,9-13H2,1-2H3/q+1. The third kappa shape index (κ3) is 2.83. The molecule has 1 aromatic carbocycles. The average molecular weight is 244 g/mol. The van der Waals surface area contributed by atoms with Gasteiger partial charge < -0.3 is 9.38 Å². The van der Waals surface area contributed by atoms with Crippen LogP contribution in [0.4, 0.5) is 5.69 Å². The summed E-state index contributed by atoms with van der Waals surface area (Å²) in [5.41, 5.74) is 2.72. The van der Waals surface area contributed by atoms with Crippen molar-refractivity contribution in [2.75, 3.05) is 44.7 Å². The molecule has 0 amide bonds. The maximum absolute atomic E-state index is 8.71. The third-order valence-electron chi connectivity index (χ3n) is 4.04. The van der Waals surface area contributed by atoms with Gasteiger partial charge in [-0.25, -0.2) is 0 Å². The lowest BCUT2D eigenvalue weighted by Crippen LogP contribution is -2.57. The van der Waals surface area contributed by atoms with Gasteiger partial charge in [-0.2, -0.15) is 5.26 Å². The van der Waals surface area contributed by atoms with E-state index in [0.29, 0.717) is 6.42 Å². The predicted octanol–water partition coefficient (Wildman–Crippen LogP) is 2.18. The predicted molar refractivity (Wildman–Crippen MR) is 74.4 cm³/mol. The fourth-order valence-electron chi connectivity index (χ4n) is 2.65. The molecular formula is C15H22N3+. The van der Waals surface area contributed by atoms with E-state index in [1.807, 2.05) is 0 Å². The van der Waals surface area contributed by atoms with Gasteiger partial charge in [-0.15, -0.1) is 0 Å². The topological polar surface area (TPSA) is 27.0 Å². The van der Waals surface area contributed by atoms with Gasteiger partial charge >= 0.3 is 0 Å². The molecule has 0 bridgehead atoms. The molecule has 0 saturated carbocycles. The Morgan fingerprint density at radius 2 is 1.94 bits per heavy atom. The molecular weight excluding hydrogens is 222 g/mol. The SMILES string of the molecule is Cc1ccccc1N1CC[N+](C)(CCC#N)CC1. The molecule has 1 fully saturated rings. The summed E-state index contributed by atoms with van der Waals surface area (Å²) in [5.74, 6) is 0. The highest BCUT2D eigenvalue weighted by molar-refractivity contribution is 5.53. The number of aryl methyl sites for hydroxylation is 1. The van der Waals surface area contributed by atoms with Crippen LogP contribution in [-0.2, 0) is 0 Å². The van der Waals surface area contributed by atoms with Gasteiger partial charge in [-0.1, -0.05) is 18.2 Å². The Morgan fingerprint density at radius 1 is 1.28 bits per heavy atom. The molecule has 96 valence electrons. The van der Waals surface area contributed by atoms with Crippen LogP contribution in [0.1, 0.15) is 12.0 Å². The van der Waals surface area contributed by atoms with Gasteiger partial charge in [0.1, 0.15) is 0 Å². The first-order valence-electron chi connectivity index (χ1n) is 6.66. The molecule has 0 spiro atoms. The Bertz CT molecular complexity index is 439. The summed E-state index contributed by atoms with van der Waals surface area (Å²) in [4.78, 5) is 2.47. The molecule has 1 aromatic rings. The number of para-hydroxylation sites is 1. The van der Waals surface area contributed by atoms with Crippen molar-refractivity contribution < 1.29 is 4.48 Å². The maximum atomic E-state index is 8.71. The highest BCUT2D eigenvalue weighted by atomic mass is 15.4. The van der Waals surface area contributed by atoms with E-state index in [4.69, 9.17) is 5.26 Å². The van der Waals surface area contributed by atoms with Crippen LogP contribution in [-0.4, -0.2) is 44.3 Å². The van der Waals surface area contributed by atoms with Crippen LogP contribution >= 0.6 is 0 Å². The number of anilines is 1. The lowest BCUT2D eigenvalue weighted by Gasteiger charge is -2.42. The quantitative estimate of drug-likeness (QED) is 0.762. The van der Waals surface area contributed by atoms with Crippen molar-refractivity contribution in [3.63, 3.8) is 0 Å². The van der Waals surface area contributed by atoms with Gasteiger partial charge in [-0.3, -0.25) is 0 Å². The Morgan fingerprint density at radius 3 is 2.56 bits per heavy atom. The number of piperazine rings is 1. The minimum Gasteiger partial charge on any atom is -0.360 e. The van der Waals surface area contributed by atoms with Gasteiger partial charge in [0.2, 0.25) is 0 Å². The van der Waals surface area contributed by atoms with E-state index in [2.05, 4.69) is 49.2 Å². The molecule has 2 rings (SSSR count). The molecule has 0 aliphatic carbocycles. The zero-order valence-corrected chi connectivity index (χ0v) is 11.4. The summed E-state index contributed by atoms with van der Waals surface area (Å²) >= 11 is 0. The molecule has 1 saturated heterocycles. The lowest BCUT2D eigenvalue weighted by atomic mass is 10.1. The molecule has 3 heteroatoms. The first kappa shape index (κ1) is 12.9. The van der Waals surface area contributed by atoms with E-state index in [1.165, 1.54) is 11.3 Å². The number of likely N-dealkylation sites (N-methyl/N-ethyl adjacent to an activating group) is 1. The van der Waals surface area contributed by atoms with Crippen LogP contribution in [0.25, 0.3) is 0 Å². The summed E-state index contributed by atoms with van der Waals surface area (Å²) in [5, 5.41) is 8.71. The van der Waals surface area contributed by atoms with Crippen LogP contribution in [0.3, 0.4) is 0 Å². The molecule has 18 heavy (non-hydrogen) atoms. The van der Waals surface area contributed by atoms with Gasteiger partial charge in [0.05, 0.1) is 52.3 Å². The Labute approximate surface area is 110 Å². The number of hydrogen-bond donors (Lipinski definition) is 0. The highest BCUT2D eigenvalue weighted by Crippen LogP contribution is 2.22. The Balaban J connectivity index is 1.99. The van der Waals surface area contributed by atoms with Crippen LogP contribution in [0.2, 0.25) is 0 Å². The zero-order chi connectivity index (χ0) is 13.0. The largest absolute Gasteiger partial charge is 0.360 e. The first-order chi connectivity index (χ1) is 8.64. The summed E-state index contributed by atoms with van der Waals surface area (Å²) in [7, 11) is 2.27. The van der Waals surface area contributed by atoms with Crippen molar-refractivity contribution in [3.8, 4) is 6.07 Å². The Kier molecular flexibility index (Phi) is 3.88. The Hall–Kier alpha value is -1.53. The number of quaternary nitrogens is 1. The maximum Gasteiger partial charge on any atom is 0.0963 e. The molecule has 0 radical (unpaired) electrons. The third-order valence-corrected chi connectivity index (χ3v) is 4.04. The van der Waals surface area contributed by atoms with Gasteiger partial charge in [0.25, 0.3) is 0 Å². The monoisotopic (exact) mass is 244 g/mol. The minimum absolute atomic E-state index is 0.668. The second-order valence-electron chi connectivity index (χ2n) is 5.47. The molecule has 0 atom stereocenters. The first-order valence-corrected chi connectivity index (χ1v) is 6.66. The number of hydrogen-bond acceptors (Lipinski definition) is 2. The fourth-order valence-corrected chi connectivity index (χ4v) is 2.65. The summed E-state index contributed by atoms with van der Waals surface area (Å²) in [6, 6.07) is 10.9. The van der Waals surface area contributed by atoms with E-state index in [0.717, 1.165) is 37.2 Å². The normalized spacial score (nSPS) is 18.4. The molecule has 0 N–H and O–H groups in total. The van der Waals surface area contributed by atoms with Gasteiger partial charge in [0.15, 0.2) is 0 Å². The number of benzene rings is 1. The fraction of sp³-hybridized carbons (Fsp3) is 0.533. The number of nitriles is 1. The van der Waals surface area contributed by atoms with Crippen LogP contribution in [0.15, 0.2) is 24.3 Å². The van der Waals surface area contributed by atoms with Crippen molar-refractivity contribution in [3.05, 3.63) is 29.8 Å². The van der Waals surface area contributed by atoms with Crippen molar-refractivity contribution in [1.29, 1.82) is 5.26 Å². The van der Waals surface area contributed by atoms with Crippen LogP contribution in [0, 0.1) is 18.3 Å². The van der Waals surface area contributed by atoms with Crippen molar-refractivity contribution in [1.82, 2.24) is 0 Å². The van der Waals surface area contributed by atoms with E-state index in [1.54, 1.807) is 0 Å². The number of rotatable bonds is 3. The zero-order valence-electron chi connectivity index (χ0n) is 11.4. The second-order valence-corrected chi connectivity index (χ2v) is 5.47. The molecule has 3 nitrogen and oxygen atoms in total. The highest BCUT2D eigenvalue weighted by Gasteiger charge is 2.28. The van der Waals surface area contributed by atoms with E-state index >= 15 is 0 Å². The average Bonchev–Trinajstić information content (AvgIpc) is 2.39. The van der Waals surface area contributed by atoms with E-state index in [-0.39, 0.29) is 0 Å². The lowest BCUT2D eigenvalue weighted by molar-refractivity contribution is -0.909. The van der Waals surface area contributed by atoms with Gasteiger partial charge in [-0.05, 0) is 18.6 Å². The van der Waals surface area contributed by atoms with Crippen molar-refractivity contribution in [2.24, 2.45) is 0 Å². The molecule has 1 aliphatic rings. The minimum atomic E-state index is 0.668. The molecule has 0 aromatic heterocycles. The van der Waals surface area contributed by atoms with E-state index in [9.17, 15) is 0 Å². The van der Waals surface area contributed by atoms with Gasteiger partial charge in [0, 0.05) is 5.69 Å². The molecule has 1 aliphatic heterocycles. The summed E-state index contributed by atoms with van der Waals surface area (Å²) in [6.45, 7) is 7.61. The summed E-state index contributed by atoms with van der Waals surface area (Å²) in [6.07, 6.45) is 0.668. The molecule has 1 heterocycles. The van der Waals surface area contributed by atoms with Crippen LogP contribution < -0.4 is 4.90 Å². The van der Waals surface area contributed by atoms with Crippen molar-refractivity contribution >= 4 is 5.69 Å². The molecule has 0 unspecified atom stereocenters. The van der Waals surface area contributed by atoms with Crippen molar-refractivity contribution in [2.45, 2.75) is 13.3 Å². The summed E-state index contributed by atoms with van der Waals surface area (Å²) < 4.78 is 1.04. The second kappa shape index (κ2) is 5.41. The smallest absolute Gasteiger partial charge is 0.0963 e.